The van der Waals surface area contributed by atoms with Crippen LogP contribution in [-0.4, -0.2) is 39.6 Å². The van der Waals surface area contributed by atoms with Crippen molar-refractivity contribution in [3.8, 4) is 28.4 Å². The molecule has 154 valence electrons. The maximum absolute atomic E-state index is 13.5. The van der Waals surface area contributed by atoms with E-state index >= 15 is 0 Å². The number of para-hydroxylation sites is 1. The molecule has 6 nitrogen and oxygen atoms in total. The lowest BCUT2D eigenvalue weighted by molar-refractivity contribution is 0.0863. The fourth-order valence-electron chi connectivity index (χ4n) is 2.68. The van der Waals surface area contributed by atoms with Crippen LogP contribution in [0.4, 0.5) is 13.2 Å². The first-order chi connectivity index (χ1) is 13.8. The Labute approximate surface area is 165 Å². The van der Waals surface area contributed by atoms with Gasteiger partial charge >= 0.3 is 10.1 Å². The molecule has 0 bridgehead atoms. The van der Waals surface area contributed by atoms with Crippen LogP contribution in [0.25, 0.3) is 22.0 Å². The molecule has 1 aromatic heterocycles. The minimum Gasteiger partial charge on any atom is -0.493 e. The van der Waals surface area contributed by atoms with Gasteiger partial charge < -0.3 is 13.7 Å². The Morgan fingerprint density at radius 3 is 2.28 bits per heavy atom. The van der Waals surface area contributed by atoms with Gasteiger partial charge in [-0.15, -0.1) is 0 Å². The summed E-state index contributed by atoms with van der Waals surface area (Å²) in [5.41, 5.74) is -1.80. The van der Waals surface area contributed by atoms with Crippen LogP contribution in [0.5, 0.6) is 17.2 Å². The van der Waals surface area contributed by atoms with Crippen molar-refractivity contribution >= 4 is 21.0 Å². The van der Waals surface area contributed by atoms with Crippen LogP contribution in [0, 0.1) is 0 Å². The van der Waals surface area contributed by atoms with Crippen LogP contribution in [0.1, 0.15) is 0 Å². The molecule has 0 aliphatic heterocycles. The second-order valence-corrected chi connectivity index (χ2v) is 7.49. The zero-order valence-electron chi connectivity index (χ0n) is 15.3. The number of methoxy groups -OCH3 is 2. The van der Waals surface area contributed by atoms with Crippen molar-refractivity contribution < 1.29 is 35.2 Å². The maximum Gasteiger partial charge on any atom is 0.348 e. The van der Waals surface area contributed by atoms with Crippen molar-refractivity contribution in [1.29, 1.82) is 0 Å². The molecule has 0 saturated carbocycles. The van der Waals surface area contributed by atoms with E-state index in [1.807, 2.05) is 24.3 Å². The molecule has 0 amide bonds. The van der Waals surface area contributed by atoms with Gasteiger partial charge in [0.05, 0.1) is 19.7 Å². The summed E-state index contributed by atoms with van der Waals surface area (Å²) in [6, 6.07) is 11.9. The Hall–Kier alpha value is -3.01. The van der Waals surface area contributed by atoms with E-state index in [1.165, 1.54) is 26.4 Å². The van der Waals surface area contributed by atoms with Crippen LogP contribution < -0.4 is 13.7 Å². The number of fused-ring (bicyclic) bond motifs is 1. The van der Waals surface area contributed by atoms with E-state index in [4.69, 9.17) is 9.47 Å². The van der Waals surface area contributed by atoms with E-state index in [0.29, 0.717) is 11.1 Å². The molecule has 1 unspecified atom stereocenters. The average Bonchev–Trinajstić information content (AvgIpc) is 2.71. The summed E-state index contributed by atoms with van der Waals surface area (Å²) in [6.45, 7) is 0. The zero-order valence-corrected chi connectivity index (χ0v) is 16.1. The summed E-state index contributed by atoms with van der Waals surface area (Å²) < 4.78 is 77.1. The van der Waals surface area contributed by atoms with Crippen molar-refractivity contribution in [2.45, 2.75) is 11.9 Å². The third kappa shape index (κ3) is 4.21. The lowest BCUT2D eigenvalue weighted by Crippen LogP contribution is -2.28. The standard InChI is InChI=1S/C19H16F3NO5S/c1-26-15-8-12(13-7-11-5-3-4-6-14(11)23-10-13)9-16(17(15)27-2)28-29(24,25)19(22)18(20)21/h3-10,18-19H,1-2H3. The van der Waals surface area contributed by atoms with Gasteiger partial charge in [-0.2, -0.15) is 8.42 Å². The number of pyridine rings is 1. The summed E-state index contributed by atoms with van der Waals surface area (Å²) in [7, 11) is -2.77. The van der Waals surface area contributed by atoms with Gasteiger partial charge in [0.15, 0.2) is 11.5 Å². The SMILES string of the molecule is COc1cc(-c2cnc3ccccc3c2)cc(OS(=O)(=O)C(F)C(F)F)c1OC. The van der Waals surface area contributed by atoms with Gasteiger partial charge in [0.25, 0.3) is 11.9 Å². The molecule has 29 heavy (non-hydrogen) atoms. The number of alkyl halides is 3. The quantitative estimate of drug-likeness (QED) is 0.527. The van der Waals surface area contributed by atoms with Crippen molar-refractivity contribution in [1.82, 2.24) is 4.98 Å². The molecule has 3 rings (SSSR count). The van der Waals surface area contributed by atoms with Gasteiger partial charge in [-0.1, -0.05) is 18.2 Å². The number of halogens is 3. The van der Waals surface area contributed by atoms with E-state index < -0.39 is 27.8 Å². The number of rotatable bonds is 7. The molecule has 1 heterocycles. The maximum atomic E-state index is 13.5. The molecule has 0 spiro atoms. The van der Waals surface area contributed by atoms with Gasteiger partial charge in [0.1, 0.15) is 0 Å². The molecular weight excluding hydrogens is 411 g/mol. The van der Waals surface area contributed by atoms with Crippen molar-refractivity contribution in [3.05, 3.63) is 48.7 Å². The Morgan fingerprint density at radius 2 is 1.62 bits per heavy atom. The Bertz CT molecular complexity index is 1140. The summed E-state index contributed by atoms with van der Waals surface area (Å²) in [4.78, 5) is 4.32. The molecular formula is C19H16F3NO5S. The second kappa shape index (κ2) is 8.16. The Morgan fingerprint density at radius 1 is 0.931 bits per heavy atom. The monoisotopic (exact) mass is 427 g/mol. The highest BCUT2D eigenvalue weighted by Gasteiger charge is 2.37. The highest BCUT2D eigenvalue weighted by molar-refractivity contribution is 7.87. The minimum atomic E-state index is -5.27. The van der Waals surface area contributed by atoms with Crippen molar-refractivity contribution in [2.24, 2.45) is 0 Å². The number of benzene rings is 2. The third-order valence-corrected chi connectivity index (χ3v) is 5.22. The molecule has 0 radical (unpaired) electrons. The Kier molecular flexibility index (Phi) is 5.83. The molecule has 0 aliphatic carbocycles. The van der Waals surface area contributed by atoms with Gasteiger partial charge in [-0.25, -0.2) is 13.2 Å². The van der Waals surface area contributed by atoms with E-state index in [2.05, 4.69) is 9.17 Å². The summed E-state index contributed by atoms with van der Waals surface area (Å²) in [5.74, 6) is -0.607. The molecule has 0 aliphatic rings. The van der Waals surface area contributed by atoms with Crippen LogP contribution >= 0.6 is 0 Å². The lowest BCUT2D eigenvalue weighted by Gasteiger charge is -2.17. The third-order valence-electron chi connectivity index (χ3n) is 4.05. The fraction of sp³-hybridized carbons (Fsp3) is 0.211. The highest BCUT2D eigenvalue weighted by atomic mass is 32.2. The number of aromatic nitrogens is 1. The van der Waals surface area contributed by atoms with Gasteiger partial charge in [-0.3, -0.25) is 4.98 Å². The predicted molar refractivity (Wildman–Crippen MR) is 101 cm³/mol. The van der Waals surface area contributed by atoms with E-state index in [9.17, 15) is 21.6 Å². The van der Waals surface area contributed by atoms with Crippen molar-refractivity contribution in [3.63, 3.8) is 0 Å². The molecule has 0 fully saturated rings. The number of nitrogens with zero attached hydrogens (tertiary/aromatic N) is 1. The molecule has 1 atom stereocenters. The van der Waals surface area contributed by atoms with Crippen LogP contribution in [0.2, 0.25) is 0 Å². The summed E-state index contributed by atoms with van der Waals surface area (Å²) in [5, 5.41) is 0.816. The average molecular weight is 427 g/mol. The largest absolute Gasteiger partial charge is 0.493 e. The molecule has 3 aromatic rings. The highest BCUT2D eigenvalue weighted by Crippen LogP contribution is 2.42. The van der Waals surface area contributed by atoms with Gasteiger partial charge in [0, 0.05) is 17.1 Å². The molecule has 10 heteroatoms. The fourth-order valence-corrected chi connectivity index (χ4v) is 3.40. The lowest BCUT2D eigenvalue weighted by atomic mass is 10.0. The molecule has 0 N–H and O–H groups in total. The number of hydrogen-bond acceptors (Lipinski definition) is 6. The zero-order chi connectivity index (χ0) is 21.2. The summed E-state index contributed by atoms with van der Waals surface area (Å²) in [6.07, 6.45) is -2.22. The first-order valence-corrected chi connectivity index (χ1v) is 9.70. The minimum absolute atomic E-state index is 0.0656. The predicted octanol–water partition coefficient (Wildman–Crippen LogP) is 4.19. The van der Waals surface area contributed by atoms with Gasteiger partial charge in [0.2, 0.25) is 5.75 Å². The molecule has 0 saturated heterocycles. The normalized spacial score (nSPS) is 12.8. The van der Waals surface area contributed by atoms with E-state index in [-0.39, 0.29) is 11.5 Å². The van der Waals surface area contributed by atoms with Crippen LogP contribution in [-0.2, 0) is 10.1 Å². The number of ether oxygens (including phenoxy) is 2. The van der Waals surface area contributed by atoms with Gasteiger partial charge in [-0.05, 0) is 29.8 Å². The smallest absolute Gasteiger partial charge is 0.348 e. The van der Waals surface area contributed by atoms with E-state index in [1.54, 1.807) is 12.3 Å². The summed E-state index contributed by atoms with van der Waals surface area (Å²) >= 11 is 0. The first kappa shape index (κ1) is 20.7. The topological polar surface area (TPSA) is 74.7 Å². The number of hydrogen-bond donors (Lipinski definition) is 0. The molecule has 2 aromatic carbocycles. The van der Waals surface area contributed by atoms with Crippen LogP contribution in [0.15, 0.2) is 48.7 Å². The second-order valence-electron chi connectivity index (χ2n) is 5.89. The van der Waals surface area contributed by atoms with E-state index in [0.717, 1.165) is 10.9 Å². The first-order valence-electron chi connectivity index (χ1n) is 8.23. The van der Waals surface area contributed by atoms with Crippen LogP contribution in [0.3, 0.4) is 0 Å². The Balaban J connectivity index is 2.13. The van der Waals surface area contributed by atoms with Crippen molar-refractivity contribution in [2.75, 3.05) is 14.2 Å².